The van der Waals surface area contributed by atoms with Crippen LogP contribution in [0.3, 0.4) is 0 Å². The predicted molar refractivity (Wildman–Crippen MR) is 86.8 cm³/mol. The van der Waals surface area contributed by atoms with Crippen LogP contribution in [0, 0.1) is 5.92 Å². The average Bonchev–Trinajstić information content (AvgIpc) is 2.59. The molecule has 1 fully saturated rings. The van der Waals surface area contributed by atoms with Gasteiger partial charge in [0, 0.05) is 32.1 Å². The minimum atomic E-state index is -0.254. The molecule has 1 aliphatic rings. The van der Waals surface area contributed by atoms with Gasteiger partial charge in [0.15, 0.2) is 0 Å². The number of carbonyl (C=O) groups excluding carboxylic acids is 3. The predicted octanol–water partition coefficient (Wildman–Crippen LogP) is 0.791. The molecule has 124 valence electrons. The molecule has 0 unspecified atom stereocenters. The minimum Gasteiger partial charge on any atom is -0.354 e. The Bertz CT molecular complexity index is 551. The number of likely N-dealkylation sites (tertiary alicyclic amines) is 1. The van der Waals surface area contributed by atoms with Gasteiger partial charge in [-0.15, -0.1) is 0 Å². The monoisotopic (exact) mass is 317 g/mol. The Morgan fingerprint density at radius 1 is 1.09 bits per heavy atom. The molecule has 2 rings (SSSR count). The summed E-state index contributed by atoms with van der Waals surface area (Å²) in [5, 5.41) is 5.45. The van der Waals surface area contributed by atoms with Crippen LogP contribution < -0.4 is 10.6 Å². The van der Waals surface area contributed by atoms with Crippen LogP contribution in [-0.4, -0.2) is 48.8 Å². The highest BCUT2D eigenvalue weighted by Gasteiger charge is 2.21. The number of amides is 3. The van der Waals surface area contributed by atoms with Crippen molar-refractivity contribution in [3.05, 3.63) is 35.9 Å². The maximum absolute atomic E-state index is 11.8. The van der Waals surface area contributed by atoms with Crippen molar-refractivity contribution in [1.82, 2.24) is 15.5 Å². The van der Waals surface area contributed by atoms with E-state index in [-0.39, 0.29) is 24.3 Å². The van der Waals surface area contributed by atoms with Gasteiger partial charge in [-0.1, -0.05) is 18.2 Å². The second-order valence-electron chi connectivity index (χ2n) is 5.80. The van der Waals surface area contributed by atoms with Crippen LogP contribution in [0.1, 0.15) is 30.1 Å². The molecule has 0 radical (unpaired) electrons. The molecule has 1 aromatic rings. The lowest BCUT2D eigenvalue weighted by molar-refractivity contribution is -0.130. The molecule has 0 atom stereocenters. The van der Waals surface area contributed by atoms with Gasteiger partial charge in [0.1, 0.15) is 0 Å². The molecule has 1 aromatic carbocycles. The third-order valence-electron chi connectivity index (χ3n) is 4.09. The molecule has 1 aliphatic heterocycles. The summed E-state index contributed by atoms with van der Waals surface area (Å²) in [6.45, 7) is 3.64. The summed E-state index contributed by atoms with van der Waals surface area (Å²) < 4.78 is 0. The third-order valence-corrected chi connectivity index (χ3v) is 4.09. The van der Waals surface area contributed by atoms with Crippen molar-refractivity contribution in [2.24, 2.45) is 5.92 Å². The Kier molecular flexibility index (Phi) is 6.14. The molecule has 0 aromatic heterocycles. The standard InChI is InChI=1S/C17H23N3O3/c1-13(21)20-9-7-14(8-10-20)11-18-16(22)12-19-17(23)15-5-3-2-4-6-15/h2-6,14H,7-12H2,1H3,(H,18,22)(H,19,23). The topological polar surface area (TPSA) is 78.5 Å². The molecule has 6 nitrogen and oxygen atoms in total. The Labute approximate surface area is 136 Å². The highest BCUT2D eigenvalue weighted by atomic mass is 16.2. The first-order valence-electron chi connectivity index (χ1n) is 7.91. The maximum Gasteiger partial charge on any atom is 0.251 e. The fourth-order valence-electron chi connectivity index (χ4n) is 2.62. The van der Waals surface area contributed by atoms with E-state index in [1.807, 2.05) is 11.0 Å². The molecule has 1 heterocycles. The smallest absolute Gasteiger partial charge is 0.251 e. The van der Waals surface area contributed by atoms with E-state index >= 15 is 0 Å². The highest BCUT2D eigenvalue weighted by Crippen LogP contribution is 2.16. The molecule has 1 saturated heterocycles. The van der Waals surface area contributed by atoms with E-state index in [2.05, 4.69) is 10.6 Å². The molecule has 3 amide bonds. The zero-order chi connectivity index (χ0) is 16.7. The average molecular weight is 317 g/mol. The Morgan fingerprint density at radius 2 is 1.74 bits per heavy atom. The van der Waals surface area contributed by atoms with Crippen LogP contribution in [0.25, 0.3) is 0 Å². The van der Waals surface area contributed by atoms with E-state index in [9.17, 15) is 14.4 Å². The van der Waals surface area contributed by atoms with Crippen molar-refractivity contribution in [3.63, 3.8) is 0 Å². The van der Waals surface area contributed by atoms with E-state index in [0.29, 0.717) is 18.0 Å². The van der Waals surface area contributed by atoms with Gasteiger partial charge < -0.3 is 15.5 Å². The van der Waals surface area contributed by atoms with Crippen molar-refractivity contribution in [2.45, 2.75) is 19.8 Å². The van der Waals surface area contributed by atoms with E-state index in [4.69, 9.17) is 0 Å². The summed E-state index contributed by atoms with van der Waals surface area (Å²) >= 11 is 0. The molecule has 2 N–H and O–H groups in total. The number of benzene rings is 1. The molecular formula is C17H23N3O3. The lowest BCUT2D eigenvalue weighted by atomic mass is 9.97. The Hall–Kier alpha value is -2.37. The summed E-state index contributed by atoms with van der Waals surface area (Å²) in [6, 6.07) is 8.80. The Balaban J connectivity index is 1.64. The van der Waals surface area contributed by atoms with Gasteiger partial charge in [0.25, 0.3) is 5.91 Å². The second-order valence-corrected chi connectivity index (χ2v) is 5.80. The molecule has 6 heteroatoms. The van der Waals surface area contributed by atoms with Crippen molar-refractivity contribution in [3.8, 4) is 0 Å². The lowest BCUT2D eigenvalue weighted by Crippen LogP contribution is -2.42. The fourth-order valence-corrected chi connectivity index (χ4v) is 2.62. The molecule has 23 heavy (non-hydrogen) atoms. The van der Waals surface area contributed by atoms with Crippen LogP contribution >= 0.6 is 0 Å². The number of hydrogen-bond donors (Lipinski definition) is 2. The van der Waals surface area contributed by atoms with Crippen LogP contribution in [0.2, 0.25) is 0 Å². The summed E-state index contributed by atoms with van der Waals surface area (Å²) in [6.07, 6.45) is 1.80. The number of hydrogen-bond acceptors (Lipinski definition) is 3. The number of rotatable bonds is 5. The summed E-state index contributed by atoms with van der Waals surface area (Å²) in [7, 11) is 0. The van der Waals surface area contributed by atoms with Crippen molar-refractivity contribution < 1.29 is 14.4 Å². The molecule has 0 saturated carbocycles. The molecule has 0 bridgehead atoms. The van der Waals surface area contributed by atoms with Gasteiger partial charge in [-0.05, 0) is 30.9 Å². The summed E-state index contributed by atoms with van der Waals surface area (Å²) in [4.78, 5) is 36.7. The maximum atomic E-state index is 11.8. The van der Waals surface area contributed by atoms with E-state index < -0.39 is 0 Å². The molecular weight excluding hydrogens is 294 g/mol. The Morgan fingerprint density at radius 3 is 2.35 bits per heavy atom. The SMILES string of the molecule is CC(=O)N1CCC(CNC(=O)CNC(=O)c2ccccc2)CC1. The van der Waals surface area contributed by atoms with Gasteiger partial charge in [-0.3, -0.25) is 14.4 Å². The van der Waals surface area contributed by atoms with Crippen LogP contribution in [0.15, 0.2) is 30.3 Å². The van der Waals surface area contributed by atoms with Crippen LogP contribution in [-0.2, 0) is 9.59 Å². The summed E-state index contributed by atoms with van der Waals surface area (Å²) in [5.41, 5.74) is 0.539. The first-order valence-corrected chi connectivity index (χ1v) is 7.91. The van der Waals surface area contributed by atoms with Crippen LogP contribution in [0.5, 0.6) is 0 Å². The first kappa shape index (κ1) is 17.0. The third kappa shape index (κ3) is 5.39. The first-order chi connectivity index (χ1) is 11.1. The second kappa shape index (κ2) is 8.31. The fraction of sp³-hybridized carbons (Fsp3) is 0.471. The molecule has 0 aliphatic carbocycles. The van der Waals surface area contributed by atoms with Gasteiger partial charge in [0.2, 0.25) is 11.8 Å². The van der Waals surface area contributed by atoms with Crippen molar-refractivity contribution >= 4 is 17.7 Å². The quantitative estimate of drug-likeness (QED) is 0.843. The van der Waals surface area contributed by atoms with Crippen LogP contribution in [0.4, 0.5) is 0 Å². The van der Waals surface area contributed by atoms with E-state index in [0.717, 1.165) is 25.9 Å². The number of carbonyl (C=O) groups is 3. The summed E-state index contributed by atoms with van der Waals surface area (Å²) in [5.74, 6) is 0.0503. The highest BCUT2D eigenvalue weighted by molar-refractivity contribution is 5.96. The van der Waals surface area contributed by atoms with Gasteiger partial charge in [-0.25, -0.2) is 0 Å². The van der Waals surface area contributed by atoms with Gasteiger partial charge in [0.05, 0.1) is 6.54 Å². The number of nitrogens with one attached hydrogen (secondary N) is 2. The zero-order valence-electron chi connectivity index (χ0n) is 13.4. The minimum absolute atomic E-state index is 0.0278. The van der Waals surface area contributed by atoms with E-state index in [1.165, 1.54) is 0 Å². The van der Waals surface area contributed by atoms with E-state index in [1.54, 1.807) is 31.2 Å². The molecule has 0 spiro atoms. The number of nitrogens with zero attached hydrogens (tertiary/aromatic N) is 1. The normalized spacial score (nSPS) is 15.1. The van der Waals surface area contributed by atoms with Gasteiger partial charge in [-0.2, -0.15) is 0 Å². The van der Waals surface area contributed by atoms with Crippen molar-refractivity contribution in [2.75, 3.05) is 26.2 Å². The lowest BCUT2D eigenvalue weighted by Gasteiger charge is -2.31. The largest absolute Gasteiger partial charge is 0.354 e. The number of piperidine rings is 1. The zero-order valence-corrected chi connectivity index (χ0v) is 13.4. The van der Waals surface area contributed by atoms with Gasteiger partial charge >= 0.3 is 0 Å². The van der Waals surface area contributed by atoms with Crippen molar-refractivity contribution in [1.29, 1.82) is 0 Å².